The maximum Gasteiger partial charge on any atom is 0.243 e. The van der Waals surface area contributed by atoms with Crippen molar-refractivity contribution in [3.05, 3.63) is 77.3 Å². The molecule has 1 fully saturated rings. The molecule has 1 aliphatic carbocycles. The number of carbonyl (C=O) groups is 2. The second kappa shape index (κ2) is 11.6. The predicted molar refractivity (Wildman–Crippen MR) is 146 cm³/mol. The third-order valence-corrected chi connectivity index (χ3v) is 9.12. The van der Waals surface area contributed by atoms with Crippen molar-refractivity contribution >= 4 is 44.2 Å². The molecule has 0 unspecified atom stereocenters. The standard InChI is InChI=1S/C28H32ClN3O4S/c1-20(28(34)30-24-12-6-7-13-24)32(18-23-11-5-8-14-26(23)29)27(33)19-31(2)37(35,36)25-16-15-21-9-3-4-10-22(21)17-25/h3-5,8-11,14-17,20,24H,6-7,12-13,18-19H2,1-2H3,(H,30,34)/t20-/m0/s1. The van der Waals surface area contributed by atoms with Gasteiger partial charge in [-0.1, -0.05) is 73.0 Å². The van der Waals surface area contributed by atoms with Crippen LogP contribution < -0.4 is 5.32 Å². The molecule has 0 radical (unpaired) electrons. The maximum absolute atomic E-state index is 13.5. The Kier molecular flexibility index (Phi) is 8.52. The highest BCUT2D eigenvalue weighted by atomic mass is 35.5. The van der Waals surface area contributed by atoms with E-state index in [0.717, 1.165) is 40.8 Å². The lowest BCUT2D eigenvalue weighted by molar-refractivity contribution is -0.140. The first-order chi connectivity index (χ1) is 17.7. The predicted octanol–water partition coefficient (Wildman–Crippen LogP) is 4.59. The van der Waals surface area contributed by atoms with Gasteiger partial charge in [0.05, 0.1) is 11.4 Å². The molecule has 0 spiro atoms. The topological polar surface area (TPSA) is 86.8 Å². The molecule has 0 bridgehead atoms. The van der Waals surface area contributed by atoms with E-state index in [2.05, 4.69) is 5.32 Å². The summed E-state index contributed by atoms with van der Waals surface area (Å²) in [5.41, 5.74) is 0.679. The van der Waals surface area contributed by atoms with Crippen LogP contribution in [0.25, 0.3) is 10.8 Å². The van der Waals surface area contributed by atoms with Gasteiger partial charge in [-0.15, -0.1) is 0 Å². The van der Waals surface area contributed by atoms with Gasteiger partial charge >= 0.3 is 0 Å². The fourth-order valence-electron chi connectivity index (χ4n) is 4.66. The molecule has 37 heavy (non-hydrogen) atoms. The largest absolute Gasteiger partial charge is 0.352 e. The van der Waals surface area contributed by atoms with E-state index < -0.39 is 28.5 Å². The van der Waals surface area contributed by atoms with Crippen molar-refractivity contribution in [1.29, 1.82) is 0 Å². The molecule has 7 nitrogen and oxygen atoms in total. The van der Waals surface area contributed by atoms with Crippen molar-refractivity contribution in [2.45, 2.75) is 56.1 Å². The molecule has 0 aromatic heterocycles. The Morgan fingerprint density at radius 3 is 2.35 bits per heavy atom. The van der Waals surface area contributed by atoms with E-state index in [1.807, 2.05) is 30.3 Å². The van der Waals surface area contributed by atoms with Crippen molar-refractivity contribution in [3.63, 3.8) is 0 Å². The van der Waals surface area contributed by atoms with Gasteiger partial charge in [0, 0.05) is 24.7 Å². The Balaban J connectivity index is 1.55. The molecule has 1 atom stereocenters. The number of rotatable bonds is 9. The van der Waals surface area contributed by atoms with Gasteiger partial charge in [0.25, 0.3) is 0 Å². The zero-order chi connectivity index (χ0) is 26.6. The highest BCUT2D eigenvalue weighted by Gasteiger charge is 2.31. The summed E-state index contributed by atoms with van der Waals surface area (Å²) in [5.74, 6) is -0.742. The lowest BCUT2D eigenvalue weighted by Crippen LogP contribution is -2.52. The average Bonchev–Trinajstić information content (AvgIpc) is 3.40. The van der Waals surface area contributed by atoms with E-state index in [0.29, 0.717) is 10.6 Å². The van der Waals surface area contributed by atoms with Crippen molar-refractivity contribution in [3.8, 4) is 0 Å². The van der Waals surface area contributed by atoms with E-state index in [1.54, 1.807) is 37.3 Å². The molecule has 4 rings (SSSR count). The summed E-state index contributed by atoms with van der Waals surface area (Å²) in [6.45, 7) is 1.33. The number of hydrogen-bond acceptors (Lipinski definition) is 4. The van der Waals surface area contributed by atoms with Crippen molar-refractivity contribution in [2.24, 2.45) is 0 Å². The summed E-state index contributed by atoms with van der Waals surface area (Å²) in [7, 11) is -2.57. The van der Waals surface area contributed by atoms with Crippen LogP contribution in [0, 0.1) is 0 Å². The third kappa shape index (κ3) is 6.32. The van der Waals surface area contributed by atoms with Crippen LogP contribution in [-0.4, -0.2) is 55.1 Å². The fraction of sp³-hybridized carbons (Fsp3) is 0.357. The zero-order valence-electron chi connectivity index (χ0n) is 21.1. The van der Waals surface area contributed by atoms with Crippen molar-refractivity contribution in [2.75, 3.05) is 13.6 Å². The summed E-state index contributed by atoms with van der Waals surface area (Å²) in [5, 5.41) is 5.23. The molecule has 1 N–H and O–H groups in total. The first-order valence-corrected chi connectivity index (χ1v) is 14.3. The van der Waals surface area contributed by atoms with Crippen LogP contribution in [0.2, 0.25) is 5.02 Å². The number of fused-ring (bicyclic) bond motifs is 1. The van der Waals surface area contributed by atoms with Crippen LogP contribution >= 0.6 is 11.6 Å². The van der Waals surface area contributed by atoms with E-state index in [4.69, 9.17) is 11.6 Å². The van der Waals surface area contributed by atoms with Gasteiger partial charge in [-0.3, -0.25) is 9.59 Å². The van der Waals surface area contributed by atoms with Crippen molar-refractivity contribution in [1.82, 2.24) is 14.5 Å². The Labute approximate surface area is 223 Å². The van der Waals surface area contributed by atoms with Crippen LogP contribution in [0.4, 0.5) is 0 Å². The Bertz CT molecular complexity index is 1390. The van der Waals surface area contributed by atoms with E-state index in [1.165, 1.54) is 18.0 Å². The summed E-state index contributed by atoms with van der Waals surface area (Å²) in [6.07, 6.45) is 3.98. The molecule has 0 aliphatic heterocycles. The first-order valence-electron chi connectivity index (χ1n) is 12.4. The third-order valence-electron chi connectivity index (χ3n) is 6.95. The van der Waals surface area contributed by atoms with E-state index in [-0.39, 0.29) is 23.4 Å². The number of benzene rings is 3. The number of hydrogen-bond donors (Lipinski definition) is 1. The molecular weight excluding hydrogens is 510 g/mol. The van der Waals surface area contributed by atoms with Gasteiger partial charge in [-0.05, 0) is 54.3 Å². The normalized spacial score (nSPS) is 15.1. The summed E-state index contributed by atoms with van der Waals surface area (Å²) in [4.78, 5) is 28.1. The smallest absolute Gasteiger partial charge is 0.243 e. The van der Waals surface area contributed by atoms with Gasteiger partial charge in [0.2, 0.25) is 21.8 Å². The number of nitrogens with zero attached hydrogens (tertiary/aromatic N) is 2. The lowest BCUT2D eigenvalue weighted by Gasteiger charge is -2.31. The quantitative estimate of drug-likeness (QED) is 0.429. The highest BCUT2D eigenvalue weighted by Crippen LogP contribution is 2.23. The minimum atomic E-state index is -3.95. The van der Waals surface area contributed by atoms with Crippen molar-refractivity contribution < 1.29 is 18.0 Å². The molecule has 0 heterocycles. The van der Waals surface area contributed by atoms with Gasteiger partial charge < -0.3 is 10.2 Å². The molecule has 1 saturated carbocycles. The SMILES string of the molecule is C[C@@H](C(=O)NC1CCCC1)N(Cc1ccccc1Cl)C(=O)CN(C)S(=O)(=O)c1ccc2ccccc2c1. The number of likely N-dealkylation sites (N-methyl/N-ethyl adjacent to an activating group) is 1. The van der Waals surface area contributed by atoms with Gasteiger partial charge in [-0.25, -0.2) is 8.42 Å². The van der Waals surface area contributed by atoms with Crippen LogP contribution in [0.5, 0.6) is 0 Å². The Morgan fingerprint density at radius 1 is 1.00 bits per heavy atom. The zero-order valence-corrected chi connectivity index (χ0v) is 22.6. The number of halogens is 1. The first kappa shape index (κ1) is 27.1. The van der Waals surface area contributed by atoms with E-state index >= 15 is 0 Å². The second-order valence-electron chi connectivity index (χ2n) is 9.55. The minimum absolute atomic E-state index is 0.0849. The molecule has 1 aliphatic rings. The van der Waals surface area contributed by atoms with Gasteiger partial charge in [0.15, 0.2) is 0 Å². The number of carbonyl (C=O) groups excluding carboxylic acids is 2. The molecular formula is C28H32ClN3O4S. The summed E-state index contributed by atoms with van der Waals surface area (Å²) in [6, 6.07) is 18.8. The summed E-state index contributed by atoms with van der Waals surface area (Å²) >= 11 is 6.36. The van der Waals surface area contributed by atoms with Crippen LogP contribution in [0.1, 0.15) is 38.2 Å². The molecule has 3 aromatic carbocycles. The van der Waals surface area contributed by atoms with Crippen LogP contribution in [0.15, 0.2) is 71.6 Å². The molecule has 196 valence electrons. The molecule has 3 aromatic rings. The monoisotopic (exact) mass is 541 g/mol. The van der Waals surface area contributed by atoms with Gasteiger partial charge in [-0.2, -0.15) is 4.31 Å². The Morgan fingerprint density at radius 2 is 1.65 bits per heavy atom. The number of amides is 2. The van der Waals surface area contributed by atoms with Gasteiger partial charge in [0.1, 0.15) is 6.04 Å². The van der Waals surface area contributed by atoms with E-state index in [9.17, 15) is 18.0 Å². The second-order valence-corrected chi connectivity index (χ2v) is 12.0. The number of nitrogens with one attached hydrogen (secondary N) is 1. The average molecular weight is 542 g/mol. The molecule has 0 saturated heterocycles. The van der Waals surface area contributed by atoms with Crippen LogP contribution in [0.3, 0.4) is 0 Å². The molecule has 2 amide bonds. The van der Waals surface area contributed by atoms with Crippen LogP contribution in [-0.2, 0) is 26.2 Å². The molecule has 9 heteroatoms. The lowest BCUT2D eigenvalue weighted by atomic mass is 10.1. The number of sulfonamides is 1. The maximum atomic E-state index is 13.5. The summed E-state index contributed by atoms with van der Waals surface area (Å²) < 4.78 is 27.7. The Hall–Kier alpha value is -2.94. The minimum Gasteiger partial charge on any atom is -0.352 e. The highest BCUT2D eigenvalue weighted by molar-refractivity contribution is 7.89. The fourth-order valence-corrected chi connectivity index (χ4v) is 6.01.